The maximum absolute atomic E-state index is 11.2. The largest absolute Gasteiger partial charge is 0.387 e. The summed E-state index contributed by atoms with van der Waals surface area (Å²) in [6, 6.07) is 16.5. The Morgan fingerprint density at radius 1 is 0.815 bits per heavy atom. The van der Waals surface area contributed by atoms with Gasteiger partial charge in [0.1, 0.15) is 0 Å². The minimum atomic E-state index is -0.597. The van der Waals surface area contributed by atoms with Crippen molar-refractivity contribution in [3.8, 4) is 0 Å². The zero-order valence-electron chi connectivity index (χ0n) is 16.4. The molecule has 1 N–H and O–H groups in total. The van der Waals surface area contributed by atoms with Gasteiger partial charge in [-0.1, -0.05) is 86.8 Å². The van der Waals surface area contributed by atoms with E-state index >= 15 is 0 Å². The molecular weight excluding hydrogens is 354 g/mol. The summed E-state index contributed by atoms with van der Waals surface area (Å²) in [6.45, 7) is 7.10. The first-order valence-corrected chi connectivity index (χ1v) is 10.5. The quantitative estimate of drug-likeness (QED) is 0.421. The number of fused-ring (bicyclic) bond motifs is 3. The molecule has 0 heterocycles. The number of aliphatic hydroxyl groups is 1. The minimum absolute atomic E-state index is 0.597. The normalized spacial score (nSPS) is 12.9. The predicted octanol–water partition coefficient (Wildman–Crippen LogP) is 6.58. The lowest BCUT2D eigenvalue weighted by Gasteiger charge is -2.26. The van der Waals surface area contributed by atoms with Crippen molar-refractivity contribution in [2.45, 2.75) is 45.6 Å². The van der Waals surface area contributed by atoms with Crippen LogP contribution in [0.5, 0.6) is 0 Å². The zero-order chi connectivity index (χ0) is 19.2. The van der Waals surface area contributed by atoms with Crippen LogP contribution in [0, 0.1) is 0 Å². The van der Waals surface area contributed by atoms with Crippen molar-refractivity contribution in [3.05, 3.63) is 59.1 Å². The highest BCUT2D eigenvalue weighted by atomic mass is 35.5. The summed E-state index contributed by atoms with van der Waals surface area (Å²) in [7, 11) is 0. The van der Waals surface area contributed by atoms with Gasteiger partial charge >= 0.3 is 0 Å². The second-order valence-electron chi connectivity index (χ2n) is 7.34. The van der Waals surface area contributed by atoms with Crippen molar-refractivity contribution < 1.29 is 5.11 Å². The van der Waals surface area contributed by atoms with E-state index in [0.717, 1.165) is 53.0 Å². The molecular formula is C24H30ClNO. The average Bonchev–Trinajstić information content (AvgIpc) is 2.70. The number of aliphatic hydroxyl groups excluding tert-OH is 1. The van der Waals surface area contributed by atoms with E-state index in [1.54, 1.807) is 0 Å². The fourth-order valence-electron chi connectivity index (χ4n) is 3.85. The van der Waals surface area contributed by atoms with Gasteiger partial charge in [-0.05, 0) is 42.1 Å². The van der Waals surface area contributed by atoms with Crippen LogP contribution in [0.15, 0.2) is 48.5 Å². The zero-order valence-corrected chi connectivity index (χ0v) is 17.2. The Hall–Kier alpha value is -1.61. The van der Waals surface area contributed by atoms with Crippen molar-refractivity contribution in [1.29, 1.82) is 0 Å². The van der Waals surface area contributed by atoms with Crippen LogP contribution in [-0.2, 0) is 0 Å². The van der Waals surface area contributed by atoms with E-state index in [4.69, 9.17) is 11.6 Å². The first-order chi connectivity index (χ1) is 13.2. The maximum Gasteiger partial charge on any atom is 0.0937 e. The smallest absolute Gasteiger partial charge is 0.0937 e. The SMILES string of the molecule is CCCCN(CCCC)CC(O)c1c(Cl)c2ccccc2c2ccccc12. The van der Waals surface area contributed by atoms with Gasteiger partial charge < -0.3 is 10.0 Å². The molecule has 3 rings (SSSR count). The van der Waals surface area contributed by atoms with E-state index in [2.05, 4.69) is 36.9 Å². The fraction of sp³-hybridized carbons (Fsp3) is 0.417. The summed E-state index contributed by atoms with van der Waals surface area (Å²) >= 11 is 6.83. The number of hydrogen-bond donors (Lipinski definition) is 1. The Morgan fingerprint density at radius 2 is 1.30 bits per heavy atom. The van der Waals surface area contributed by atoms with Gasteiger partial charge in [0.15, 0.2) is 0 Å². The van der Waals surface area contributed by atoms with Crippen molar-refractivity contribution in [2.75, 3.05) is 19.6 Å². The highest BCUT2D eigenvalue weighted by Crippen LogP contribution is 2.39. The molecule has 0 saturated heterocycles. The van der Waals surface area contributed by atoms with Gasteiger partial charge in [-0.25, -0.2) is 0 Å². The van der Waals surface area contributed by atoms with Crippen molar-refractivity contribution >= 4 is 33.1 Å². The van der Waals surface area contributed by atoms with Crippen LogP contribution in [0.1, 0.15) is 51.2 Å². The van der Waals surface area contributed by atoms with Gasteiger partial charge in [0.05, 0.1) is 11.1 Å². The van der Waals surface area contributed by atoms with Crippen LogP contribution in [0.3, 0.4) is 0 Å². The van der Waals surface area contributed by atoms with E-state index in [0.29, 0.717) is 11.6 Å². The number of nitrogens with zero attached hydrogens (tertiary/aromatic N) is 1. The molecule has 3 heteroatoms. The number of rotatable bonds is 9. The number of halogens is 1. The van der Waals surface area contributed by atoms with E-state index < -0.39 is 6.10 Å². The maximum atomic E-state index is 11.2. The third-order valence-electron chi connectivity index (χ3n) is 5.33. The van der Waals surface area contributed by atoms with Gasteiger partial charge in [-0.3, -0.25) is 0 Å². The fourth-order valence-corrected chi connectivity index (χ4v) is 4.24. The summed E-state index contributed by atoms with van der Waals surface area (Å²) in [6.07, 6.45) is 4.04. The van der Waals surface area contributed by atoms with Crippen LogP contribution in [0.4, 0.5) is 0 Å². The van der Waals surface area contributed by atoms with Gasteiger partial charge in [0, 0.05) is 17.5 Å². The minimum Gasteiger partial charge on any atom is -0.387 e. The lowest BCUT2D eigenvalue weighted by Crippen LogP contribution is -2.31. The first kappa shape index (κ1) is 20.1. The Morgan fingerprint density at radius 3 is 1.85 bits per heavy atom. The number of unbranched alkanes of at least 4 members (excludes halogenated alkanes) is 2. The molecule has 0 aromatic heterocycles. The number of benzene rings is 3. The molecule has 0 radical (unpaired) electrons. The van der Waals surface area contributed by atoms with Crippen LogP contribution in [0.25, 0.3) is 21.5 Å². The molecule has 0 saturated carbocycles. The Balaban J connectivity index is 2.02. The molecule has 0 spiro atoms. The van der Waals surface area contributed by atoms with Crippen LogP contribution >= 0.6 is 11.6 Å². The Bertz CT molecular complexity index is 884. The highest BCUT2D eigenvalue weighted by molar-refractivity contribution is 6.38. The Kier molecular flexibility index (Phi) is 7.12. The van der Waals surface area contributed by atoms with E-state index in [-0.39, 0.29) is 0 Å². The van der Waals surface area contributed by atoms with Crippen molar-refractivity contribution in [1.82, 2.24) is 4.90 Å². The monoisotopic (exact) mass is 383 g/mol. The molecule has 27 heavy (non-hydrogen) atoms. The predicted molar refractivity (Wildman–Crippen MR) is 118 cm³/mol. The lowest BCUT2D eigenvalue weighted by atomic mass is 9.94. The highest BCUT2D eigenvalue weighted by Gasteiger charge is 2.21. The standard InChI is InChI=1S/C24H30ClNO/c1-3-5-15-26(16-6-4-2)17-22(27)23-20-13-9-7-11-18(20)19-12-8-10-14-21(19)24(23)25/h7-14,22,27H,3-6,15-17H2,1-2H3. The van der Waals surface area contributed by atoms with Crippen molar-refractivity contribution in [3.63, 3.8) is 0 Å². The third-order valence-corrected chi connectivity index (χ3v) is 5.73. The second-order valence-corrected chi connectivity index (χ2v) is 7.72. The molecule has 3 aromatic carbocycles. The van der Waals surface area contributed by atoms with Gasteiger partial charge in [0.2, 0.25) is 0 Å². The van der Waals surface area contributed by atoms with E-state index in [9.17, 15) is 5.11 Å². The molecule has 144 valence electrons. The topological polar surface area (TPSA) is 23.5 Å². The van der Waals surface area contributed by atoms with Gasteiger partial charge in [-0.15, -0.1) is 0 Å². The van der Waals surface area contributed by atoms with Gasteiger partial charge in [-0.2, -0.15) is 0 Å². The van der Waals surface area contributed by atoms with Crippen LogP contribution in [-0.4, -0.2) is 29.6 Å². The van der Waals surface area contributed by atoms with E-state index in [1.807, 2.05) is 30.3 Å². The molecule has 0 fully saturated rings. The van der Waals surface area contributed by atoms with Gasteiger partial charge in [0.25, 0.3) is 0 Å². The van der Waals surface area contributed by atoms with E-state index in [1.165, 1.54) is 12.8 Å². The summed E-state index contributed by atoms with van der Waals surface area (Å²) in [4.78, 5) is 2.39. The van der Waals surface area contributed by atoms with Crippen LogP contribution in [0.2, 0.25) is 5.02 Å². The molecule has 3 aromatic rings. The second kappa shape index (κ2) is 9.54. The summed E-state index contributed by atoms with van der Waals surface area (Å²) in [5.74, 6) is 0. The average molecular weight is 384 g/mol. The third kappa shape index (κ3) is 4.45. The summed E-state index contributed by atoms with van der Waals surface area (Å²) in [5, 5.41) is 16.2. The molecule has 1 atom stereocenters. The molecule has 0 bridgehead atoms. The Labute approximate surface area is 167 Å². The molecule has 1 unspecified atom stereocenters. The summed E-state index contributed by atoms with van der Waals surface area (Å²) < 4.78 is 0. The molecule has 0 aliphatic carbocycles. The van der Waals surface area contributed by atoms with Crippen LogP contribution < -0.4 is 0 Å². The molecule has 0 aliphatic rings. The molecule has 2 nitrogen and oxygen atoms in total. The lowest BCUT2D eigenvalue weighted by molar-refractivity contribution is 0.112. The summed E-state index contributed by atoms with van der Waals surface area (Å²) in [5.41, 5.74) is 0.865. The molecule has 0 amide bonds. The number of hydrogen-bond acceptors (Lipinski definition) is 2. The van der Waals surface area contributed by atoms with Crippen molar-refractivity contribution in [2.24, 2.45) is 0 Å². The first-order valence-electron chi connectivity index (χ1n) is 10.2. The molecule has 0 aliphatic heterocycles.